The summed E-state index contributed by atoms with van der Waals surface area (Å²) in [6.07, 6.45) is 7.93. The second-order valence-electron chi connectivity index (χ2n) is 6.55. The van der Waals surface area contributed by atoms with E-state index in [0.717, 1.165) is 38.1 Å². The van der Waals surface area contributed by atoms with E-state index in [2.05, 4.69) is 16.5 Å². The first-order chi connectivity index (χ1) is 12.1. The Morgan fingerprint density at radius 1 is 1.44 bits per heavy atom. The van der Waals surface area contributed by atoms with Crippen LogP contribution in [0.15, 0.2) is 30.6 Å². The first kappa shape index (κ1) is 17.9. The highest BCUT2D eigenvalue weighted by molar-refractivity contribution is 6.31. The average molecular weight is 364 g/mol. The van der Waals surface area contributed by atoms with Crippen molar-refractivity contribution in [2.24, 2.45) is 0 Å². The number of imidazole rings is 1. The third-order valence-electron chi connectivity index (χ3n) is 4.73. The molecule has 1 aromatic heterocycles. The fraction of sp³-hybridized carbons (Fsp3) is 0.474. The van der Waals surface area contributed by atoms with Crippen LogP contribution in [0.3, 0.4) is 0 Å². The van der Waals surface area contributed by atoms with Crippen LogP contribution < -0.4 is 0 Å². The summed E-state index contributed by atoms with van der Waals surface area (Å²) in [7, 11) is 0. The second kappa shape index (κ2) is 8.00. The molecule has 2 heterocycles. The lowest BCUT2D eigenvalue weighted by Gasteiger charge is -2.33. The van der Waals surface area contributed by atoms with E-state index in [1.807, 2.05) is 12.4 Å². The number of likely N-dealkylation sites (tertiary alicyclic amines) is 1. The van der Waals surface area contributed by atoms with Gasteiger partial charge in [-0.2, -0.15) is 0 Å². The van der Waals surface area contributed by atoms with E-state index in [-0.39, 0.29) is 17.4 Å². The summed E-state index contributed by atoms with van der Waals surface area (Å²) < 4.78 is 16.2. The lowest BCUT2D eigenvalue weighted by Crippen LogP contribution is -2.40. The Balaban J connectivity index is 1.76. The van der Waals surface area contributed by atoms with Crippen LogP contribution in [0.2, 0.25) is 5.02 Å². The molecule has 1 aliphatic rings. The number of carbonyl (C=O) groups excluding carboxylic acids is 1. The molecular formula is C19H23ClFN3O. The number of unbranched alkanes of at least 4 members (excludes halogenated alkanes) is 1. The zero-order valence-corrected chi connectivity index (χ0v) is 15.2. The Labute approximate surface area is 152 Å². The normalized spacial score (nSPS) is 17.7. The van der Waals surface area contributed by atoms with E-state index in [9.17, 15) is 9.18 Å². The molecule has 1 atom stereocenters. The number of nitrogens with zero attached hydrogens (tertiary/aromatic N) is 3. The highest BCUT2D eigenvalue weighted by Gasteiger charge is 2.29. The third-order valence-corrected chi connectivity index (χ3v) is 4.97. The molecule has 0 saturated carbocycles. The standard InChI is InChI=1S/C19H23ClFN3O/c1-2-3-9-23-11-8-22-18(23)14-5-4-10-24(13-14)19(25)16-12-15(20)6-7-17(16)21/h6-8,11-12,14H,2-5,9-10,13H2,1H3/t14-/m0/s1. The molecule has 4 nitrogen and oxygen atoms in total. The third kappa shape index (κ3) is 4.03. The number of aryl methyl sites for hydroxylation is 1. The zero-order chi connectivity index (χ0) is 17.8. The molecule has 25 heavy (non-hydrogen) atoms. The average Bonchev–Trinajstić information content (AvgIpc) is 3.10. The van der Waals surface area contributed by atoms with Gasteiger partial charge in [0.1, 0.15) is 11.6 Å². The van der Waals surface area contributed by atoms with Crippen LogP contribution in [0.5, 0.6) is 0 Å². The van der Waals surface area contributed by atoms with Gasteiger partial charge in [0.05, 0.1) is 5.56 Å². The molecule has 1 saturated heterocycles. The molecule has 0 N–H and O–H groups in total. The van der Waals surface area contributed by atoms with Crippen molar-refractivity contribution in [3.05, 3.63) is 52.8 Å². The van der Waals surface area contributed by atoms with Crippen molar-refractivity contribution < 1.29 is 9.18 Å². The van der Waals surface area contributed by atoms with Crippen LogP contribution in [0.25, 0.3) is 0 Å². The number of halogens is 2. The van der Waals surface area contributed by atoms with Crippen LogP contribution in [0.1, 0.15) is 54.7 Å². The monoisotopic (exact) mass is 363 g/mol. The molecular weight excluding hydrogens is 341 g/mol. The van der Waals surface area contributed by atoms with Gasteiger partial charge in [-0.1, -0.05) is 24.9 Å². The fourth-order valence-electron chi connectivity index (χ4n) is 3.40. The van der Waals surface area contributed by atoms with Crippen LogP contribution in [-0.4, -0.2) is 33.4 Å². The van der Waals surface area contributed by atoms with Gasteiger partial charge >= 0.3 is 0 Å². The minimum absolute atomic E-state index is 0.0440. The Hall–Kier alpha value is -1.88. The van der Waals surface area contributed by atoms with Gasteiger partial charge < -0.3 is 9.47 Å². The second-order valence-corrected chi connectivity index (χ2v) is 6.98. The highest BCUT2D eigenvalue weighted by Crippen LogP contribution is 2.28. The quantitative estimate of drug-likeness (QED) is 0.784. The molecule has 0 radical (unpaired) electrons. The van der Waals surface area contributed by atoms with Crippen LogP contribution >= 0.6 is 11.6 Å². The lowest BCUT2D eigenvalue weighted by atomic mass is 9.96. The smallest absolute Gasteiger partial charge is 0.256 e. The van der Waals surface area contributed by atoms with Gasteiger partial charge in [-0.3, -0.25) is 4.79 Å². The number of hydrogen-bond donors (Lipinski definition) is 0. The Kier molecular flexibility index (Phi) is 5.74. The Bertz CT molecular complexity index is 746. The fourth-order valence-corrected chi connectivity index (χ4v) is 3.57. The van der Waals surface area contributed by atoms with Gasteiger partial charge in [0, 0.05) is 43.0 Å². The number of piperidine rings is 1. The summed E-state index contributed by atoms with van der Waals surface area (Å²) in [5.74, 6) is 0.390. The molecule has 0 spiro atoms. The number of aromatic nitrogens is 2. The summed E-state index contributed by atoms with van der Waals surface area (Å²) in [5.41, 5.74) is 0.0440. The van der Waals surface area contributed by atoms with E-state index in [1.165, 1.54) is 18.2 Å². The van der Waals surface area contributed by atoms with Crippen LogP contribution in [-0.2, 0) is 6.54 Å². The predicted octanol–water partition coefficient (Wildman–Crippen LogP) is 4.50. The van der Waals surface area contributed by atoms with E-state index in [1.54, 1.807) is 4.90 Å². The molecule has 0 unspecified atom stereocenters. The largest absolute Gasteiger partial charge is 0.338 e. The molecule has 1 aromatic carbocycles. The SMILES string of the molecule is CCCCn1ccnc1[C@H]1CCCN(C(=O)c2cc(Cl)ccc2F)C1. The van der Waals surface area contributed by atoms with Crippen molar-refractivity contribution in [1.82, 2.24) is 14.5 Å². The van der Waals surface area contributed by atoms with Gasteiger partial charge in [-0.05, 0) is 37.5 Å². The van der Waals surface area contributed by atoms with Crippen molar-refractivity contribution in [3.63, 3.8) is 0 Å². The van der Waals surface area contributed by atoms with E-state index in [0.29, 0.717) is 18.1 Å². The number of carbonyl (C=O) groups is 1. The van der Waals surface area contributed by atoms with Crippen LogP contribution in [0.4, 0.5) is 4.39 Å². The summed E-state index contributed by atoms with van der Waals surface area (Å²) in [5, 5.41) is 0.369. The summed E-state index contributed by atoms with van der Waals surface area (Å²) in [6.45, 7) is 4.31. The van der Waals surface area contributed by atoms with Gasteiger partial charge in [0.25, 0.3) is 5.91 Å². The molecule has 0 aliphatic carbocycles. The summed E-state index contributed by atoms with van der Waals surface area (Å²) in [4.78, 5) is 19.0. The topological polar surface area (TPSA) is 38.1 Å². The van der Waals surface area contributed by atoms with Gasteiger partial charge in [0.2, 0.25) is 0 Å². The minimum Gasteiger partial charge on any atom is -0.338 e. The van der Waals surface area contributed by atoms with Crippen molar-refractivity contribution in [2.75, 3.05) is 13.1 Å². The van der Waals surface area contributed by atoms with Gasteiger partial charge in [-0.25, -0.2) is 9.37 Å². The van der Waals surface area contributed by atoms with Gasteiger partial charge in [0.15, 0.2) is 0 Å². The molecule has 2 aromatic rings. The highest BCUT2D eigenvalue weighted by atomic mass is 35.5. The molecule has 1 aliphatic heterocycles. The van der Waals surface area contributed by atoms with Crippen LogP contribution in [0, 0.1) is 5.82 Å². The molecule has 6 heteroatoms. The van der Waals surface area contributed by atoms with E-state index >= 15 is 0 Å². The van der Waals surface area contributed by atoms with Crippen molar-refractivity contribution in [3.8, 4) is 0 Å². The van der Waals surface area contributed by atoms with E-state index in [4.69, 9.17) is 11.6 Å². The maximum atomic E-state index is 14.0. The maximum Gasteiger partial charge on any atom is 0.256 e. The Morgan fingerprint density at radius 2 is 2.28 bits per heavy atom. The lowest BCUT2D eigenvalue weighted by molar-refractivity contribution is 0.0698. The number of rotatable bonds is 5. The first-order valence-electron chi connectivity index (χ1n) is 8.85. The number of hydrogen-bond acceptors (Lipinski definition) is 2. The van der Waals surface area contributed by atoms with E-state index < -0.39 is 5.82 Å². The molecule has 0 bridgehead atoms. The van der Waals surface area contributed by atoms with Crippen molar-refractivity contribution in [1.29, 1.82) is 0 Å². The summed E-state index contributed by atoms with van der Waals surface area (Å²) >= 11 is 5.93. The Morgan fingerprint density at radius 3 is 3.08 bits per heavy atom. The number of amides is 1. The van der Waals surface area contributed by atoms with Crippen molar-refractivity contribution in [2.45, 2.75) is 45.1 Å². The van der Waals surface area contributed by atoms with Crippen molar-refractivity contribution >= 4 is 17.5 Å². The maximum absolute atomic E-state index is 14.0. The molecule has 3 rings (SSSR count). The minimum atomic E-state index is -0.527. The molecule has 1 amide bonds. The first-order valence-corrected chi connectivity index (χ1v) is 9.23. The zero-order valence-electron chi connectivity index (χ0n) is 14.4. The summed E-state index contributed by atoms with van der Waals surface area (Å²) in [6, 6.07) is 4.11. The molecule has 134 valence electrons. The van der Waals surface area contributed by atoms with Gasteiger partial charge in [-0.15, -0.1) is 0 Å². The molecule has 1 fully saturated rings. The number of benzene rings is 1. The predicted molar refractivity (Wildman–Crippen MR) is 96.4 cm³/mol.